The first-order chi connectivity index (χ1) is 18.4. The fourth-order valence-corrected chi connectivity index (χ4v) is 7.64. The fraction of sp³-hybridized carbons (Fsp3) is 0.455. The minimum atomic E-state index is -1.01. The largest absolute Gasteiger partial charge is 0.496 e. The summed E-state index contributed by atoms with van der Waals surface area (Å²) in [5, 5.41) is 9.22. The van der Waals surface area contributed by atoms with Crippen LogP contribution in [0.1, 0.15) is 78.9 Å². The third kappa shape index (κ3) is 5.57. The highest BCUT2D eigenvalue weighted by Crippen LogP contribution is 2.61. The van der Waals surface area contributed by atoms with Gasteiger partial charge in [0.1, 0.15) is 5.75 Å². The molecule has 0 heterocycles. The Morgan fingerprint density at radius 1 is 0.974 bits per heavy atom. The van der Waals surface area contributed by atoms with Gasteiger partial charge in [-0.3, -0.25) is 0 Å². The van der Waals surface area contributed by atoms with Crippen LogP contribution in [-0.4, -0.2) is 30.8 Å². The van der Waals surface area contributed by atoms with Crippen molar-refractivity contribution in [3.8, 4) is 5.75 Å². The highest BCUT2D eigenvalue weighted by molar-refractivity contribution is 5.92. The van der Waals surface area contributed by atoms with Crippen molar-refractivity contribution in [1.29, 1.82) is 0 Å². The van der Waals surface area contributed by atoms with Crippen LogP contribution < -0.4 is 4.74 Å². The number of rotatable bonds is 10. The molecule has 0 aromatic heterocycles. The topological polar surface area (TPSA) is 72.8 Å². The summed E-state index contributed by atoms with van der Waals surface area (Å²) in [6.45, 7) is 2.08. The second-order valence-electron chi connectivity index (χ2n) is 11.4. The molecule has 5 heteroatoms. The summed E-state index contributed by atoms with van der Waals surface area (Å²) >= 11 is 0. The highest BCUT2D eigenvalue weighted by Gasteiger charge is 2.52. The standard InChI is InChI=1S/C33H38O5/c1-3-38-32(36)28-9-5-8-27(18-28)26(11-13-31(34)35)7-4-6-22-10-12-30(37-2)29(17-22)33-19-23-14-24(20-33)16-25(15-23)21-33/h5,7-13,17-18,23-25H,3-4,6,14-16,19-21H2,1-2H3,(H,34,35)/b13-11?,26-7-. The Balaban J connectivity index is 1.38. The first kappa shape index (κ1) is 26.3. The summed E-state index contributed by atoms with van der Waals surface area (Å²) in [5.74, 6) is 2.23. The lowest BCUT2D eigenvalue weighted by Crippen LogP contribution is -2.48. The number of hydrogen-bond donors (Lipinski definition) is 1. The van der Waals surface area contributed by atoms with Gasteiger partial charge in [-0.1, -0.05) is 30.3 Å². The van der Waals surface area contributed by atoms with E-state index in [1.54, 1.807) is 38.3 Å². The minimum absolute atomic E-state index is 0.259. The molecular weight excluding hydrogens is 476 g/mol. The maximum atomic E-state index is 12.2. The molecule has 0 aliphatic heterocycles. The van der Waals surface area contributed by atoms with Crippen LogP contribution in [0.3, 0.4) is 0 Å². The van der Waals surface area contributed by atoms with Gasteiger partial charge in [-0.05, 0) is 122 Å². The van der Waals surface area contributed by atoms with Crippen LogP contribution in [-0.2, 0) is 21.4 Å². The molecule has 4 saturated carbocycles. The maximum Gasteiger partial charge on any atom is 0.338 e. The van der Waals surface area contributed by atoms with Gasteiger partial charge in [-0.2, -0.15) is 0 Å². The number of aliphatic carboxylic acids is 1. The Bertz CT molecular complexity index is 1220. The molecule has 6 rings (SSSR count). The van der Waals surface area contributed by atoms with Crippen LogP contribution >= 0.6 is 0 Å². The van der Waals surface area contributed by atoms with E-state index >= 15 is 0 Å². The monoisotopic (exact) mass is 514 g/mol. The zero-order valence-corrected chi connectivity index (χ0v) is 22.4. The van der Waals surface area contributed by atoms with Crippen molar-refractivity contribution in [3.63, 3.8) is 0 Å². The molecule has 4 aliphatic rings. The SMILES string of the molecule is CCOC(=O)c1cccc(/C(C=CC(=O)O)=C\CCc2ccc(OC)c(C34CC5CC(CC(C5)C3)C4)c2)c1. The van der Waals surface area contributed by atoms with Crippen molar-refractivity contribution < 1.29 is 24.2 Å². The van der Waals surface area contributed by atoms with E-state index in [2.05, 4.69) is 24.3 Å². The number of hydrogen-bond acceptors (Lipinski definition) is 4. The van der Waals surface area contributed by atoms with Gasteiger partial charge < -0.3 is 14.6 Å². The van der Waals surface area contributed by atoms with Gasteiger partial charge in [0.25, 0.3) is 0 Å². The zero-order valence-electron chi connectivity index (χ0n) is 22.4. The van der Waals surface area contributed by atoms with Gasteiger partial charge in [0.2, 0.25) is 0 Å². The lowest BCUT2D eigenvalue weighted by atomic mass is 9.48. The van der Waals surface area contributed by atoms with Crippen LogP contribution in [0.25, 0.3) is 5.57 Å². The van der Waals surface area contributed by atoms with E-state index in [4.69, 9.17) is 9.47 Å². The molecule has 38 heavy (non-hydrogen) atoms. The quantitative estimate of drug-likeness (QED) is 0.210. The molecule has 4 aliphatic carbocycles. The molecule has 0 radical (unpaired) electrons. The molecule has 0 saturated heterocycles. The maximum absolute atomic E-state index is 12.2. The summed E-state index contributed by atoms with van der Waals surface area (Å²) < 4.78 is 11.0. The number of methoxy groups -OCH3 is 1. The van der Waals surface area contributed by atoms with Crippen molar-refractivity contribution in [1.82, 2.24) is 0 Å². The molecule has 2 aromatic carbocycles. The van der Waals surface area contributed by atoms with Crippen molar-refractivity contribution >= 4 is 17.5 Å². The second kappa shape index (κ2) is 11.2. The van der Waals surface area contributed by atoms with E-state index < -0.39 is 5.97 Å². The van der Waals surface area contributed by atoms with Crippen molar-refractivity contribution in [2.75, 3.05) is 13.7 Å². The first-order valence-electron chi connectivity index (χ1n) is 13.9. The Labute approximate surface area is 225 Å². The average molecular weight is 515 g/mol. The van der Waals surface area contributed by atoms with E-state index in [1.165, 1.54) is 49.7 Å². The minimum Gasteiger partial charge on any atom is -0.496 e. The lowest BCUT2D eigenvalue weighted by Gasteiger charge is -2.57. The zero-order chi connectivity index (χ0) is 26.7. The van der Waals surface area contributed by atoms with Gasteiger partial charge in [0.15, 0.2) is 0 Å². The van der Waals surface area contributed by atoms with E-state index in [0.717, 1.165) is 53.6 Å². The Morgan fingerprint density at radius 3 is 2.29 bits per heavy atom. The van der Waals surface area contributed by atoms with Crippen LogP contribution in [0.2, 0.25) is 0 Å². The predicted octanol–water partition coefficient (Wildman–Crippen LogP) is 7.00. The molecule has 4 fully saturated rings. The Morgan fingerprint density at radius 2 is 1.66 bits per heavy atom. The van der Waals surface area contributed by atoms with Gasteiger partial charge in [0, 0.05) is 11.6 Å². The van der Waals surface area contributed by atoms with Gasteiger partial charge in [0.05, 0.1) is 19.3 Å². The fourth-order valence-electron chi connectivity index (χ4n) is 7.64. The Kier molecular flexibility index (Phi) is 7.73. The number of carbonyl (C=O) groups excluding carboxylic acids is 1. The molecule has 0 spiro atoms. The number of esters is 1. The van der Waals surface area contributed by atoms with Crippen LogP contribution in [0.15, 0.2) is 60.7 Å². The lowest BCUT2D eigenvalue weighted by molar-refractivity contribution is -0.131. The van der Waals surface area contributed by atoms with Crippen LogP contribution in [0.4, 0.5) is 0 Å². The van der Waals surface area contributed by atoms with Crippen molar-refractivity contribution in [2.45, 2.75) is 63.7 Å². The predicted molar refractivity (Wildman–Crippen MR) is 148 cm³/mol. The highest BCUT2D eigenvalue weighted by atomic mass is 16.5. The normalized spacial score (nSPS) is 26.1. The Hall–Kier alpha value is -3.34. The van der Waals surface area contributed by atoms with Gasteiger partial charge in [-0.15, -0.1) is 0 Å². The van der Waals surface area contributed by atoms with Gasteiger partial charge >= 0.3 is 11.9 Å². The third-order valence-corrected chi connectivity index (χ3v) is 8.78. The van der Waals surface area contributed by atoms with E-state index in [0.29, 0.717) is 12.2 Å². The van der Waals surface area contributed by atoms with Crippen molar-refractivity contribution in [2.24, 2.45) is 17.8 Å². The van der Waals surface area contributed by atoms with Crippen molar-refractivity contribution in [3.05, 3.63) is 82.9 Å². The summed E-state index contributed by atoms with van der Waals surface area (Å²) in [4.78, 5) is 23.5. The molecule has 0 atom stereocenters. The number of carboxylic acid groups (broad SMARTS) is 1. The number of carbonyl (C=O) groups is 2. The molecule has 4 bridgehead atoms. The van der Waals surface area contributed by atoms with Crippen LogP contribution in [0, 0.1) is 17.8 Å². The van der Waals surface area contributed by atoms with Gasteiger partial charge in [-0.25, -0.2) is 9.59 Å². The van der Waals surface area contributed by atoms with E-state index in [-0.39, 0.29) is 11.4 Å². The number of allylic oxidation sites excluding steroid dienone is 3. The summed E-state index contributed by atoms with van der Waals surface area (Å²) in [5.41, 5.74) is 4.94. The third-order valence-electron chi connectivity index (χ3n) is 8.78. The smallest absolute Gasteiger partial charge is 0.338 e. The molecule has 0 amide bonds. The number of benzene rings is 2. The molecule has 2 aromatic rings. The van der Waals surface area contributed by atoms with E-state index in [1.807, 2.05) is 6.07 Å². The molecule has 0 unspecified atom stereocenters. The molecular formula is C33H38O5. The number of carboxylic acids is 1. The second-order valence-corrected chi connectivity index (χ2v) is 11.4. The average Bonchev–Trinajstić information content (AvgIpc) is 2.90. The van der Waals surface area contributed by atoms with E-state index in [9.17, 15) is 14.7 Å². The summed E-state index contributed by atoms with van der Waals surface area (Å²) in [6.07, 6.45) is 14.5. The first-order valence-corrected chi connectivity index (χ1v) is 13.9. The molecule has 5 nitrogen and oxygen atoms in total. The number of aryl methyl sites for hydroxylation is 1. The molecule has 200 valence electrons. The number of ether oxygens (including phenoxy) is 2. The summed E-state index contributed by atoms with van der Waals surface area (Å²) in [7, 11) is 1.78. The van der Waals surface area contributed by atoms with Crippen LogP contribution in [0.5, 0.6) is 5.75 Å². The molecule has 1 N–H and O–H groups in total. The summed E-state index contributed by atoms with van der Waals surface area (Å²) in [6, 6.07) is 13.8.